The van der Waals surface area contributed by atoms with E-state index in [1.165, 1.54) is 5.56 Å². The summed E-state index contributed by atoms with van der Waals surface area (Å²) in [6, 6.07) is 17.2. The Kier molecular flexibility index (Phi) is 6.64. The minimum absolute atomic E-state index is 0.0107. The topological polar surface area (TPSA) is 75.6 Å². The Labute approximate surface area is 183 Å². The normalized spacial score (nSPS) is 11.4. The van der Waals surface area contributed by atoms with Crippen LogP contribution in [0.5, 0.6) is 5.75 Å². The first-order valence-corrected chi connectivity index (χ1v) is 10.5. The summed E-state index contributed by atoms with van der Waals surface area (Å²) in [7, 11) is 0. The highest BCUT2D eigenvalue weighted by atomic mass is 16.5. The van der Waals surface area contributed by atoms with Crippen LogP contribution in [0.1, 0.15) is 59.5 Å². The largest absolute Gasteiger partial charge is 0.492 e. The fourth-order valence-corrected chi connectivity index (χ4v) is 3.59. The summed E-state index contributed by atoms with van der Waals surface area (Å²) in [5.41, 5.74) is 2.74. The van der Waals surface area contributed by atoms with Gasteiger partial charge in [-0.15, -0.1) is 0 Å². The third-order valence-corrected chi connectivity index (χ3v) is 5.27. The summed E-state index contributed by atoms with van der Waals surface area (Å²) < 4.78 is 5.63. The number of ether oxygens (including phenoxy) is 1. The maximum Gasteiger partial charge on any atom is 0.339 e. The Hall–Kier alpha value is -3.34. The number of benzene rings is 3. The molecule has 0 saturated carbocycles. The molecule has 1 amide bonds. The zero-order valence-corrected chi connectivity index (χ0v) is 18.5. The van der Waals surface area contributed by atoms with E-state index in [0.717, 1.165) is 5.56 Å². The molecule has 3 rings (SSSR count). The molecule has 5 heteroatoms. The van der Waals surface area contributed by atoms with Crippen molar-refractivity contribution < 1.29 is 19.4 Å². The second kappa shape index (κ2) is 9.21. The van der Waals surface area contributed by atoms with Gasteiger partial charge in [0.2, 0.25) is 0 Å². The Morgan fingerprint density at radius 2 is 1.71 bits per heavy atom. The molecule has 0 atom stereocenters. The zero-order chi connectivity index (χ0) is 22.6. The molecule has 0 bridgehead atoms. The number of amides is 1. The van der Waals surface area contributed by atoms with Crippen LogP contribution in [0.2, 0.25) is 0 Å². The highest BCUT2D eigenvalue weighted by Gasteiger charge is 2.23. The highest BCUT2D eigenvalue weighted by molar-refractivity contribution is 6.13. The SMILES string of the molecule is CCOc1c(C(=O)O)cc2ccccc2c1C(=O)NCCc1ccc(C(C)(C)C)cc1. The summed E-state index contributed by atoms with van der Waals surface area (Å²) in [5.74, 6) is -1.35. The van der Waals surface area contributed by atoms with Crippen molar-refractivity contribution in [2.45, 2.75) is 39.5 Å². The number of hydrogen-bond acceptors (Lipinski definition) is 3. The Morgan fingerprint density at radius 1 is 1.03 bits per heavy atom. The van der Waals surface area contributed by atoms with E-state index in [4.69, 9.17) is 4.74 Å². The number of nitrogens with one attached hydrogen (secondary N) is 1. The molecule has 0 saturated heterocycles. The van der Waals surface area contributed by atoms with Gasteiger partial charge in [-0.05, 0) is 46.7 Å². The first-order valence-electron chi connectivity index (χ1n) is 10.5. The lowest BCUT2D eigenvalue weighted by Crippen LogP contribution is -2.27. The summed E-state index contributed by atoms with van der Waals surface area (Å²) in [5, 5.41) is 13.9. The molecule has 3 aromatic rings. The maximum atomic E-state index is 13.1. The number of rotatable bonds is 7. The first kappa shape index (κ1) is 22.3. The van der Waals surface area contributed by atoms with Crippen LogP contribution in [0.3, 0.4) is 0 Å². The third-order valence-electron chi connectivity index (χ3n) is 5.27. The van der Waals surface area contributed by atoms with Gasteiger partial charge in [0.15, 0.2) is 0 Å². The van der Waals surface area contributed by atoms with Crippen LogP contribution in [0, 0.1) is 0 Å². The smallest absolute Gasteiger partial charge is 0.339 e. The fourth-order valence-electron chi connectivity index (χ4n) is 3.59. The number of carboxylic acid groups (broad SMARTS) is 1. The average molecular weight is 420 g/mol. The van der Waals surface area contributed by atoms with Gasteiger partial charge < -0.3 is 15.2 Å². The van der Waals surface area contributed by atoms with Crippen LogP contribution < -0.4 is 10.1 Å². The van der Waals surface area contributed by atoms with Crippen LogP contribution >= 0.6 is 0 Å². The predicted molar refractivity (Wildman–Crippen MR) is 123 cm³/mol. The van der Waals surface area contributed by atoms with Gasteiger partial charge in [0.25, 0.3) is 5.91 Å². The lowest BCUT2D eigenvalue weighted by molar-refractivity contribution is 0.0692. The molecule has 5 nitrogen and oxygen atoms in total. The minimum Gasteiger partial charge on any atom is -0.492 e. The number of carbonyl (C=O) groups is 2. The molecule has 0 aliphatic carbocycles. The quantitative estimate of drug-likeness (QED) is 0.551. The van der Waals surface area contributed by atoms with Crippen molar-refractivity contribution >= 4 is 22.6 Å². The molecule has 0 spiro atoms. The van der Waals surface area contributed by atoms with E-state index in [-0.39, 0.29) is 34.8 Å². The zero-order valence-electron chi connectivity index (χ0n) is 18.5. The molecule has 0 aliphatic rings. The van der Waals surface area contributed by atoms with E-state index in [9.17, 15) is 14.7 Å². The van der Waals surface area contributed by atoms with Crippen LogP contribution in [0.25, 0.3) is 10.8 Å². The molecule has 0 aliphatic heterocycles. The van der Waals surface area contributed by atoms with Gasteiger partial charge in [-0.25, -0.2) is 4.79 Å². The van der Waals surface area contributed by atoms with E-state index >= 15 is 0 Å². The van der Waals surface area contributed by atoms with Crippen molar-refractivity contribution in [3.05, 3.63) is 76.9 Å². The molecule has 2 N–H and O–H groups in total. The van der Waals surface area contributed by atoms with Gasteiger partial charge in [0, 0.05) is 6.54 Å². The monoisotopic (exact) mass is 419 g/mol. The standard InChI is InChI=1S/C26H29NO4/c1-5-31-23-21(25(29)30)16-18-8-6-7-9-20(18)22(23)24(28)27-15-14-17-10-12-19(13-11-17)26(2,3)4/h6-13,16H,5,14-15H2,1-4H3,(H,27,28)(H,29,30). The molecule has 31 heavy (non-hydrogen) atoms. The van der Waals surface area contributed by atoms with Gasteiger partial charge in [0.05, 0.1) is 12.2 Å². The van der Waals surface area contributed by atoms with Gasteiger partial charge in [0.1, 0.15) is 11.3 Å². The van der Waals surface area contributed by atoms with Gasteiger partial charge in [-0.2, -0.15) is 0 Å². The molecular formula is C26H29NO4. The minimum atomic E-state index is -1.12. The molecule has 0 radical (unpaired) electrons. The van der Waals surface area contributed by atoms with Crippen molar-refractivity contribution in [3.8, 4) is 5.75 Å². The average Bonchev–Trinajstić information content (AvgIpc) is 2.73. The molecule has 0 aromatic heterocycles. The number of fused-ring (bicyclic) bond motifs is 1. The second-order valence-electron chi connectivity index (χ2n) is 8.54. The fraction of sp³-hybridized carbons (Fsp3) is 0.308. The predicted octanol–water partition coefficient (Wildman–Crippen LogP) is 5.21. The second-order valence-corrected chi connectivity index (χ2v) is 8.54. The Bertz CT molecular complexity index is 1090. The number of carbonyl (C=O) groups excluding carboxylic acids is 1. The van der Waals surface area contributed by atoms with E-state index in [1.807, 2.05) is 18.2 Å². The number of aromatic carboxylic acids is 1. The van der Waals surface area contributed by atoms with Crippen molar-refractivity contribution in [1.29, 1.82) is 0 Å². The summed E-state index contributed by atoms with van der Waals surface area (Å²) in [6.07, 6.45) is 0.677. The lowest BCUT2D eigenvalue weighted by atomic mass is 9.86. The Morgan fingerprint density at radius 3 is 2.32 bits per heavy atom. The molecule has 0 unspecified atom stereocenters. The first-order chi connectivity index (χ1) is 14.7. The van der Waals surface area contributed by atoms with Crippen molar-refractivity contribution in [1.82, 2.24) is 5.32 Å². The van der Waals surface area contributed by atoms with Crippen LogP contribution in [0.4, 0.5) is 0 Å². The molecular weight excluding hydrogens is 390 g/mol. The van der Waals surface area contributed by atoms with Gasteiger partial charge in [-0.1, -0.05) is 69.3 Å². The van der Waals surface area contributed by atoms with E-state index in [1.54, 1.807) is 19.1 Å². The summed E-state index contributed by atoms with van der Waals surface area (Å²) in [4.78, 5) is 24.9. The summed E-state index contributed by atoms with van der Waals surface area (Å²) >= 11 is 0. The van der Waals surface area contributed by atoms with Crippen molar-refractivity contribution in [2.24, 2.45) is 0 Å². The molecule has 3 aromatic carbocycles. The summed E-state index contributed by atoms with van der Waals surface area (Å²) in [6.45, 7) is 8.99. The van der Waals surface area contributed by atoms with E-state index in [2.05, 4.69) is 50.4 Å². The molecule has 0 fully saturated rings. The Balaban J connectivity index is 1.84. The van der Waals surface area contributed by atoms with Crippen LogP contribution in [0.15, 0.2) is 54.6 Å². The highest BCUT2D eigenvalue weighted by Crippen LogP contribution is 2.32. The number of carboxylic acids is 1. The third kappa shape index (κ3) is 5.05. The molecule has 162 valence electrons. The van der Waals surface area contributed by atoms with Crippen molar-refractivity contribution in [2.75, 3.05) is 13.2 Å². The van der Waals surface area contributed by atoms with Gasteiger partial charge >= 0.3 is 5.97 Å². The van der Waals surface area contributed by atoms with Crippen molar-refractivity contribution in [3.63, 3.8) is 0 Å². The van der Waals surface area contributed by atoms with Gasteiger partial charge in [-0.3, -0.25) is 4.79 Å². The maximum absolute atomic E-state index is 13.1. The lowest BCUT2D eigenvalue weighted by Gasteiger charge is -2.19. The molecule has 0 heterocycles. The number of hydrogen-bond donors (Lipinski definition) is 2. The van der Waals surface area contributed by atoms with E-state index < -0.39 is 5.97 Å². The van der Waals surface area contributed by atoms with Crippen LogP contribution in [-0.4, -0.2) is 30.1 Å². The van der Waals surface area contributed by atoms with E-state index in [0.29, 0.717) is 23.7 Å². The van der Waals surface area contributed by atoms with Crippen LogP contribution in [-0.2, 0) is 11.8 Å².